The lowest BCUT2D eigenvalue weighted by Crippen LogP contribution is -2.43. The highest BCUT2D eigenvalue weighted by Gasteiger charge is 2.43. The Hall–Kier alpha value is -2.30. The molecule has 0 amide bonds. The highest BCUT2D eigenvalue weighted by atomic mass is 16.1. The molecule has 0 N–H and O–H groups in total. The fourth-order valence-electron chi connectivity index (χ4n) is 4.84. The molecule has 32 heavy (non-hydrogen) atoms. The van der Waals surface area contributed by atoms with Crippen LogP contribution in [0.5, 0.6) is 0 Å². The maximum Gasteiger partial charge on any atom is 0.255 e. The summed E-state index contributed by atoms with van der Waals surface area (Å²) in [5, 5.41) is 0. The molecule has 0 bridgehead atoms. The van der Waals surface area contributed by atoms with Crippen LogP contribution in [-0.2, 0) is 13.1 Å². The smallest absolute Gasteiger partial charge is 0.255 e. The van der Waals surface area contributed by atoms with Crippen molar-refractivity contribution in [2.24, 2.45) is 0 Å². The Labute approximate surface area is 193 Å². The van der Waals surface area contributed by atoms with Gasteiger partial charge >= 0.3 is 0 Å². The van der Waals surface area contributed by atoms with Gasteiger partial charge in [-0.15, -0.1) is 0 Å². The summed E-state index contributed by atoms with van der Waals surface area (Å²) in [4.78, 5) is 31.1. The molecule has 3 rings (SSSR count). The zero-order valence-electron chi connectivity index (χ0n) is 20.3. The van der Waals surface area contributed by atoms with Gasteiger partial charge in [-0.1, -0.05) is 65.2 Å². The summed E-state index contributed by atoms with van der Waals surface area (Å²) in [6.45, 7) is 8.09. The van der Waals surface area contributed by atoms with E-state index in [1.807, 2.05) is 0 Å². The van der Waals surface area contributed by atoms with Crippen molar-refractivity contribution < 1.29 is 14.2 Å². The average Bonchev–Trinajstić information content (AvgIpc) is 3.08. The summed E-state index contributed by atoms with van der Waals surface area (Å²) in [6, 6.07) is 3.48. The van der Waals surface area contributed by atoms with E-state index in [9.17, 15) is 9.59 Å². The number of carbonyl (C=O) groups excluding carboxylic acids is 2. The van der Waals surface area contributed by atoms with Crippen LogP contribution in [0.15, 0.2) is 18.3 Å². The molecule has 0 unspecified atom stereocenters. The van der Waals surface area contributed by atoms with Crippen molar-refractivity contribution in [2.75, 3.05) is 0 Å². The third-order valence-corrected chi connectivity index (χ3v) is 6.71. The number of nitrogens with zero attached hydrogens (tertiary/aromatic N) is 3. The summed E-state index contributed by atoms with van der Waals surface area (Å²) in [6.07, 6.45) is 16.0. The van der Waals surface area contributed by atoms with E-state index in [0.29, 0.717) is 22.6 Å². The summed E-state index contributed by atoms with van der Waals surface area (Å²) in [5.41, 5.74) is 1.88. The minimum absolute atomic E-state index is 0.0570. The van der Waals surface area contributed by atoms with Crippen LogP contribution in [0.4, 0.5) is 0 Å². The van der Waals surface area contributed by atoms with Crippen molar-refractivity contribution >= 4 is 11.6 Å². The standard InChI is InChI=1S/C27H40N3O2/c1-4-6-8-10-12-14-19-29-21(3)30(20-15-13-11-9-7-5-2)25-24(29)26(31)22-17-16-18-28-23(22)27(25)32/h16-18H,4-15,19-20H2,1-3H3/q+1. The van der Waals surface area contributed by atoms with Crippen LogP contribution in [0.2, 0.25) is 0 Å². The van der Waals surface area contributed by atoms with Crippen molar-refractivity contribution in [3.05, 3.63) is 46.8 Å². The molecule has 2 heterocycles. The molecule has 2 aromatic rings. The van der Waals surface area contributed by atoms with E-state index < -0.39 is 0 Å². The first-order valence-corrected chi connectivity index (χ1v) is 12.8. The molecular weight excluding hydrogens is 398 g/mol. The number of pyridine rings is 1. The minimum atomic E-state index is -0.106. The first kappa shape index (κ1) is 24.3. The zero-order valence-corrected chi connectivity index (χ0v) is 20.3. The van der Waals surface area contributed by atoms with E-state index in [0.717, 1.165) is 44.6 Å². The lowest BCUT2D eigenvalue weighted by atomic mass is 9.94. The van der Waals surface area contributed by atoms with Gasteiger partial charge in [-0.2, -0.15) is 0 Å². The molecule has 174 valence electrons. The number of carbonyl (C=O) groups is 2. The summed E-state index contributed by atoms with van der Waals surface area (Å²) in [7, 11) is 0. The second kappa shape index (κ2) is 12.1. The predicted octanol–water partition coefficient (Wildman–Crippen LogP) is 5.98. The number of hydrogen-bond acceptors (Lipinski definition) is 3. The number of fused-ring (bicyclic) bond motifs is 2. The van der Waals surface area contributed by atoms with E-state index >= 15 is 0 Å². The number of unbranched alkanes of at least 4 members (excludes halogenated alkanes) is 10. The maximum atomic E-state index is 13.4. The molecule has 0 atom stereocenters. The van der Waals surface area contributed by atoms with Crippen molar-refractivity contribution in [1.82, 2.24) is 9.55 Å². The van der Waals surface area contributed by atoms with Crippen molar-refractivity contribution in [3.8, 4) is 0 Å². The van der Waals surface area contributed by atoms with Crippen molar-refractivity contribution in [1.29, 1.82) is 0 Å². The number of hydrogen-bond donors (Lipinski definition) is 0. The van der Waals surface area contributed by atoms with E-state index in [-0.39, 0.29) is 11.6 Å². The van der Waals surface area contributed by atoms with Crippen LogP contribution in [0.3, 0.4) is 0 Å². The van der Waals surface area contributed by atoms with Crippen LogP contribution >= 0.6 is 0 Å². The Morgan fingerprint density at radius 2 is 1.47 bits per heavy atom. The molecule has 1 aliphatic carbocycles. The van der Waals surface area contributed by atoms with Crippen molar-refractivity contribution in [3.63, 3.8) is 0 Å². The monoisotopic (exact) mass is 438 g/mol. The van der Waals surface area contributed by atoms with Gasteiger partial charge in [-0.05, 0) is 37.8 Å². The first-order chi connectivity index (χ1) is 15.6. The Morgan fingerprint density at radius 1 is 0.844 bits per heavy atom. The number of aromatic nitrogens is 3. The van der Waals surface area contributed by atoms with E-state index in [1.165, 1.54) is 51.4 Å². The second-order valence-corrected chi connectivity index (χ2v) is 9.14. The predicted molar refractivity (Wildman–Crippen MR) is 127 cm³/mol. The molecule has 0 aliphatic heterocycles. The fourth-order valence-corrected chi connectivity index (χ4v) is 4.84. The molecule has 0 saturated carbocycles. The Balaban J connectivity index is 1.83. The highest BCUT2D eigenvalue weighted by molar-refractivity contribution is 6.25. The van der Waals surface area contributed by atoms with Gasteiger partial charge in [0.25, 0.3) is 11.6 Å². The molecule has 2 aromatic heterocycles. The van der Waals surface area contributed by atoms with E-state index in [4.69, 9.17) is 0 Å². The largest absolute Gasteiger partial charge is 0.284 e. The maximum absolute atomic E-state index is 13.4. The summed E-state index contributed by atoms with van der Waals surface area (Å²) < 4.78 is 4.21. The summed E-state index contributed by atoms with van der Waals surface area (Å²) >= 11 is 0. The molecule has 0 spiro atoms. The van der Waals surface area contributed by atoms with E-state index in [1.54, 1.807) is 18.3 Å². The van der Waals surface area contributed by atoms with Gasteiger partial charge < -0.3 is 0 Å². The quantitative estimate of drug-likeness (QED) is 0.230. The topological polar surface area (TPSA) is 55.8 Å². The van der Waals surface area contributed by atoms with Gasteiger partial charge in [-0.3, -0.25) is 14.6 Å². The molecule has 0 fully saturated rings. The summed E-state index contributed by atoms with van der Waals surface area (Å²) in [5.74, 6) is 0.857. The van der Waals surface area contributed by atoms with Crippen LogP contribution in [-0.4, -0.2) is 21.1 Å². The average molecular weight is 439 g/mol. The Kier molecular flexibility index (Phi) is 9.19. The van der Waals surface area contributed by atoms with Crippen LogP contribution < -0.4 is 4.57 Å². The SMILES string of the molecule is CCCCCCCCn1c2c([n+](CCCCCCCC)c1C)C(=O)c1ncccc1C2=O. The van der Waals surface area contributed by atoms with Gasteiger partial charge in [0.2, 0.25) is 17.2 Å². The molecule has 1 aliphatic rings. The van der Waals surface area contributed by atoms with Gasteiger partial charge in [0.05, 0.1) is 18.7 Å². The lowest BCUT2D eigenvalue weighted by Gasteiger charge is -2.12. The molecule has 0 aromatic carbocycles. The van der Waals surface area contributed by atoms with Crippen LogP contribution in [0.25, 0.3) is 0 Å². The van der Waals surface area contributed by atoms with Crippen molar-refractivity contribution in [2.45, 2.75) is 111 Å². The minimum Gasteiger partial charge on any atom is -0.284 e. The molecular formula is C27H40N3O2+. The number of rotatable bonds is 14. The highest BCUT2D eigenvalue weighted by Crippen LogP contribution is 2.26. The van der Waals surface area contributed by atoms with Gasteiger partial charge in [0.1, 0.15) is 5.69 Å². The zero-order chi connectivity index (χ0) is 22.9. The number of imidazole rings is 1. The Morgan fingerprint density at radius 3 is 2.16 bits per heavy atom. The molecule has 5 heteroatoms. The Bertz CT molecular complexity index is 857. The normalized spacial score (nSPS) is 12.8. The van der Waals surface area contributed by atoms with E-state index in [2.05, 4.69) is 34.9 Å². The van der Waals surface area contributed by atoms with Gasteiger partial charge in [-0.25, -0.2) is 9.13 Å². The molecule has 5 nitrogen and oxygen atoms in total. The third-order valence-electron chi connectivity index (χ3n) is 6.71. The number of ketones is 2. The lowest BCUT2D eigenvalue weighted by molar-refractivity contribution is -0.704. The first-order valence-electron chi connectivity index (χ1n) is 12.8. The van der Waals surface area contributed by atoms with Gasteiger partial charge in [0, 0.05) is 13.1 Å². The van der Waals surface area contributed by atoms with Crippen LogP contribution in [0, 0.1) is 6.92 Å². The van der Waals surface area contributed by atoms with Crippen LogP contribution in [0.1, 0.15) is 129 Å². The second-order valence-electron chi connectivity index (χ2n) is 9.14. The van der Waals surface area contributed by atoms with Gasteiger partial charge in [0.15, 0.2) is 0 Å². The third kappa shape index (κ3) is 5.36. The molecule has 0 radical (unpaired) electrons. The molecule has 0 saturated heterocycles. The fraction of sp³-hybridized carbons (Fsp3) is 0.630.